The predicted octanol–water partition coefficient (Wildman–Crippen LogP) is 10.7. The molecule has 1 aromatic carbocycles. The highest BCUT2D eigenvalue weighted by Crippen LogP contribution is 2.36. The Morgan fingerprint density at radius 2 is 1.43 bits per heavy atom. The number of hydrogen-bond donors (Lipinski definition) is 0. The average molecular weight is 499 g/mol. The number of halogens is 6. The van der Waals surface area contributed by atoms with Crippen molar-refractivity contribution in [1.82, 2.24) is 0 Å². The van der Waals surface area contributed by atoms with Crippen LogP contribution >= 0.6 is 0 Å². The minimum absolute atomic E-state index is 0.145. The first-order valence-corrected chi connectivity index (χ1v) is 11.6. The number of alkyl halides is 6. The molecule has 0 atom stereocenters. The normalized spacial score (nSPS) is 14.3. The van der Waals surface area contributed by atoms with Gasteiger partial charge in [0.2, 0.25) is 0 Å². The van der Waals surface area contributed by atoms with Crippen molar-refractivity contribution in [2.24, 2.45) is 5.41 Å². The molecular formula is C29H36F6. The lowest BCUT2D eigenvalue weighted by atomic mass is 9.86. The zero-order chi connectivity index (χ0) is 27.0. The Bertz CT molecular complexity index is 958. The Balaban J connectivity index is 3.26. The molecule has 0 aliphatic heterocycles. The molecule has 194 valence electrons. The third kappa shape index (κ3) is 10.7. The first kappa shape index (κ1) is 30.5. The van der Waals surface area contributed by atoms with Crippen molar-refractivity contribution in [1.29, 1.82) is 0 Å². The molecule has 0 saturated heterocycles. The van der Waals surface area contributed by atoms with E-state index >= 15 is 0 Å². The molecule has 0 nitrogen and oxygen atoms in total. The number of unbranched alkanes of at least 4 members (excludes halogenated alkanes) is 1. The summed E-state index contributed by atoms with van der Waals surface area (Å²) in [7, 11) is 0. The SMILES string of the molecule is C=C(CCCCC(=C)/C(=C(C)/C=C(\C=C/C)C(F)(F)F)c1ccc(C(F)(F)F)cc1)CC(C)(C)C. The lowest BCUT2D eigenvalue weighted by Crippen LogP contribution is -2.10. The predicted molar refractivity (Wildman–Crippen MR) is 134 cm³/mol. The zero-order valence-electron chi connectivity index (χ0n) is 21.3. The van der Waals surface area contributed by atoms with E-state index < -0.39 is 23.5 Å². The molecule has 0 saturated carbocycles. The van der Waals surface area contributed by atoms with E-state index in [4.69, 9.17) is 0 Å². The zero-order valence-corrected chi connectivity index (χ0v) is 21.3. The number of benzene rings is 1. The van der Waals surface area contributed by atoms with Crippen molar-refractivity contribution in [2.45, 2.75) is 79.1 Å². The lowest BCUT2D eigenvalue weighted by Gasteiger charge is -2.20. The molecule has 0 bridgehead atoms. The maximum Gasteiger partial charge on any atom is 0.416 e. The highest BCUT2D eigenvalue weighted by Gasteiger charge is 2.32. The minimum atomic E-state index is -4.56. The Kier molecular flexibility index (Phi) is 10.9. The fourth-order valence-corrected chi connectivity index (χ4v) is 3.92. The summed E-state index contributed by atoms with van der Waals surface area (Å²) in [5.74, 6) is 0. The molecule has 0 aliphatic carbocycles. The van der Waals surface area contributed by atoms with Crippen molar-refractivity contribution in [3.63, 3.8) is 0 Å². The van der Waals surface area contributed by atoms with Crippen molar-refractivity contribution in [2.75, 3.05) is 0 Å². The second-order valence-electron chi connectivity index (χ2n) is 10.0. The van der Waals surface area contributed by atoms with E-state index in [1.807, 2.05) is 0 Å². The summed E-state index contributed by atoms with van der Waals surface area (Å²) in [5, 5.41) is 0. The fourth-order valence-electron chi connectivity index (χ4n) is 3.92. The van der Waals surface area contributed by atoms with Crippen LogP contribution in [0.1, 0.15) is 77.8 Å². The summed E-state index contributed by atoms with van der Waals surface area (Å²) in [6.07, 6.45) is -1.95. The van der Waals surface area contributed by atoms with Gasteiger partial charge in [-0.15, -0.1) is 0 Å². The van der Waals surface area contributed by atoms with E-state index in [2.05, 4.69) is 33.9 Å². The van der Waals surface area contributed by atoms with Crippen LogP contribution in [0.5, 0.6) is 0 Å². The summed E-state index contributed by atoms with van der Waals surface area (Å²) < 4.78 is 79.4. The Morgan fingerprint density at radius 1 is 0.886 bits per heavy atom. The van der Waals surface area contributed by atoms with Crippen LogP contribution < -0.4 is 0 Å². The smallest absolute Gasteiger partial charge is 0.166 e. The number of hydrogen-bond acceptors (Lipinski definition) is 0. The molecule has 1 aromatic rings. The van der Waals surface area contributed by atoms with Gasteiger partial charge >= 0.3 is 12.4 Å². The van der Waals surface area contributed by atoms with Gasteiger partial charge in [0.25, 0.3) is 0 Å². The van der Waals surface area contributed by atoms with Crippen molar-refractivity contribution in [3.05, 3.63) is 89.1 Å². The van der Waals surface area contributed by atoms with Gasteiger partial charge in [-0.25, -0.2) is 0 Å². The number of rotatable bonds is 10. The monoisotopic (exact) mass is 498 g/mol. The molecule has 0 heterocycles. The summed E-state index contributed by atoms with van der Waals surface area (Å²) in [5.41, 5.74) is 1.33. The topological polar surface area (TPSA) is 0 Å². The Hall–Kier alpha value is -2.50. The number of allylic oxidation sites excluding steroid dienone is 8. The third-order valence-corrected chi connectivity index (χ3v) is 5.33. The molecule has 0 spiro atoms. The fraction of sp³-hybridized carbons (Fsp3) is 0.448. The van der Waals surface area contributed by atoms with E-state index in [0.29, 0.717) is 23.1 Å². The summed E-state index contributed by atoms with van der Waals surface area (Å²) >= 11 is 0. The molecule has 0 N–H and O–H groups in total. The molecule has 0 radical (unpaired) electrons. The first-order valence-electron chi connectivity index (χ1n) is 11.6. The molecule has 0 unspecified atom stereocenters. The van der Waals surface area contributed by atoms with Crippen LogP contribution in [0.2, 0.25) is 0 Å². The van der Waals surface area contributed by atoms with Gasteiger partial charge in [-0.2, -0.15) is 26.3 Å². The standard InChI is InChI=1S/C29H36F6/c1-8-11-25(29(33,34)35)18-22(4)26(23-14-16-24(17-15-23)28(30,31)32)21(3)13-10-9-12-20(2)19-27(5,6)7/h8,11,14-18H,2-3,9-10,12-13,19H2,1,4-7H3/b11-8-,25-18+,26-22-. The van der Waals surface area contributed by atoms with Gasteiger partial charge in [0.05, 0.1) is 11.1 Å². The Morgan fingerprint density at radius 3 is 1.89 bits per heavy atom. The van der Waals surface area contributed by atoms with Crippen LogP contribution in [-0.2, 0) is 6.18 Å². The second kappa shape index (κ2) is 12.5. The second-order valence-corrected chi connectivity index (χ2v) is 10.0. The van der Waals surface area contributed by atoms with E-state index in [-0.39, 0.29) is 11.0 Å². The van der Waals surface area contributed by atoms with Gasteiger partial charge in [-0.1, -0.05) is 63.8 Å². The van der Waals surface area contributed by atoms with Crippen LogP contribution in [0, 0.1) is 5.41 Å². The molecule has 0 amide bonds. The molecule has 6 heteroatoms. The minimum Gasteiger partial charge on any atom is -0.166 e. The van der Waals surface area contributed by atoms with Gasteiger partial charge in [-0.05, 0) is 91.9 Å². The van der Waals surface area contributed by atoms with Gasteiger partial charge in [-0.3, -0.25) is 0 Å². The third-order valence-electron chi connectivity index (χ3n) is 5.33. The van der Waals surface area contributed by atoms with Crippen molar-refractivity contribution in [3.8, 4) is 0 Å². The highest BCUT2D eigenvalue weighted by atomic mass is 19.4. The van der Waals surface area contributed by atoms with Crippen LogP contribution in [0.25, 0.3) is 5.57 Å². The van der Waals surface area contributed by atoms with Crippen LogP contribution in [0.3, 0.4) is 0 Å². The van der Waals surface area contributed by atoms with Gasteiger partial charge in [0.1, 0.15) is 0 Å². The quantitative estimate of drug-likeness (QED) is 0.130. The Labute approximate surface area is 205 Å². The average Bonchev–Trinajstić information content (AvgIpc) is 2.69. The molecule has 0 fully saturated rings. The van der Waals surface area contributed by atoms with Gasteiger partial charge in [0.15, 0.2) is 0 Å². The van der Waals surface area contributed by atoms with Gasteiger partial charge in [0, 0.05) is 0 Å². The molecule has 0 aromatic heterocycles. The first-order chi connectivity index (χ1) is 16.0. The van der Waals surface area contributed by atoms with E-state index in [0.717, 1.165) is 55.5 Å². The van der Waals surface area contributed by atoms with Gasteiger partial charge < -0.3 is 0 Å². The van der Waals surface area contributed by atoms with E-state index in [1.165, 1.54) is 32.1 Å². The van der Waals surface area contributed by atoms with E-state index in [9.17, 15) is 26.3 Å². The van der Waals surface area contributed by atoms with Crippen LogP contribution in [0.4, 0.5) is 26.3 Å². The van der Waals surface area contributed by atoms with Crippen molar-refractivity contribution >= 4 is 5.57 Å². The summed E-state index contributed by atoms with van der Waals surface area (Å²) in [4.78, 5) is 0. The van der Waals surface area contributed by atoms with Crippen LogP contribution in [0.15, 0.2) is 77.9 Å². The molecular weight excluding hydrogens is 462 g/mol. The summed E-state index contributed by atoms with van der Waals surface area (Å²) in [6, 6.07) is 4.45. The maximum atomic E-state index is 13.5. The maximum absolute atomic E-state index is 13.5. The van der Waals surface area contributed by atoms with E-state index in [1.54, 1.807) is 0 Å². The molecule has 0 aliphatic rings. The largest absolute Gasteiger partial charge is 0.416 e. The lowest BCUT2D eigenvalue weighted by molar-refractivity contribution is -0.137. The van der Waals surface area contributed by atoms with Crippen LogP contribution in [-0.4, -0.2) is 6.18 Å². The summed E-state index contributed by atoms with van der Waals surface area (Å²) in [6.45, 7) is 17.6. The highest BCUT2D eigenvalue weighted by molar-refractivity contribution is 5.82. The molecule has 1 rings (SSSR count). The molecule has 35 heavy (non-hydrogen) atoms. The van der Waals surface area contributed by atoms with Crippen molar-refractivity contribution < 1.29 is 26.3 Å².